The van der Waals surface area contributed by atoms with Gasteiger partial charge in [0.05, 0.1) is 12.4 Å². The van der Waals surface area contributed by atoms with Gasteiger partial charge >= 0.3 is 17.9 Å². The first-order chi connectivity index (χ1) is 16.8. The van der Waals surface area contributed by atoms with E-state index in [1.807, 2.05) is 0 Å². The van der Waals surface area contributed by atoms with Crippen LogP contribution in [0, 0.1) is 5.92 Å². The summed E-state index contributed by atoms with van der Waals surface area (Å²) in [5.41, 5.74) is 6.41. The van der Waals surface area contributed by atoms with Gasteiger partial charge in [0.2, 0.25) is 17.7 Å². The molecule has 0 aliphatic heterocycles. The van der Waals surface area contributed by atoms with Gasteiger partial charge in [-0.25, -0.2) is 9.78 Å². The van der Waals surface area contributed by atoms with Gasteiger partial charge in [0.15, 0.2) is 0 Å². The number of carbonyl (C=O) groups excluding carboxylic acids is 3. The summed E-state index contributed by atoms with van der Waals surface area (Å²) in [7, 11) is 0. The molecule has 0 spiro atoms. The van der Waals surface area contributed by atoms with E-state index in [0.717, 1.165) is 0 Å². The van der Waals surface area contributed by atoms with Crippen LogP contribution in [0.4, 0.5) is 0 Å². The van der Waals surface area contributed by atoms with Crippen molar-refractivity contribution in [3.63, 3.8) is 0 Å². The molecule has 0 radical (unpaired) electrons. The molecule has 0 saturated heterocycles. The summed E-state index contributed by atoms with van der Waals surface area (Å²) in [6.07, 6.45) is 1.13. The number of imidazole rings is 1. The molecule has 9 N–H and O–H groups in total. The number of H-pyrrole nitrogens is 1. The zero-order chi connectivity index (χ0) is 27.4. The van der Waals surface area contributed by atoms with Crippen molar-refractivity contribution in [2.24, 2.45) is 11.7 Å². The van der Waals surface area contributed by atoms with Crippen molar-refractivity contribution in [2.45, 2.75) is 70.1 Å². The molecule has 4 unspecified atom stereocenters. The number of hydrogen-bond acceptors (Lipinski definition) is 8. The number of aromatic amines is 1. The zero-order valence-corrected chi connectivity index (χ0v) is 19.9. The number of hydrogen-bond donors (Lipinski definition) is 8. The molecule has 0 bridgehead atoms. The normalized spacial score (nSPS) is 14.2. The standard InChI is InChI=1S/C21H32N6O9/c1-10(2)17(21(35)36)27-20(34)14(4-6-16(30)31)26-19(33)13(3-5-15(28)29)25-18(32)12(22)7-11-8-23-9-24-11/h8-10,12-14,17H,3-7,22H2,1-2H3,(H,23,24)(H,25,32)(H,26,33)(H,27,34)(H,28,29)(H,30,31)(H,35,36). The summed E-state index contributed by atoms with van der Waals surface area (Å²) in [5.74, 6) is -7.01. The summed E-state index contributed by atoms with van der Waals surface area (Å²) >= 11 is 0. The van der Waals surface area contributed by atoms with E-state index in [2.05, 4.69) is 25.9 Å². The third kappa shape index (κ3) is 10.5. The number of carboxylic acids is 3. The Morgan fingerprint density at radius 3 is 1.81 bits per heavy atom. The van der Waals surface area contributed by atoms with Crippen molar-refractivity contribution in [3.8, 4) is 0 Å². The van der Waals surface area contributed by atoms with E-state index in [4.69, 9.17) is 15.9 Å². The van der Waals surface area contributed by atoms with Crippen molar-refractivity contribution in [1.82, 2.24) is 25.9 Å². The molecule has 3 amide bonds. The molecular weight excluding hydrogens is 480 g/mol. The molecule has 0 aliphatic rings. The van der Waals surface area contributed by atoms with Crippen molar-refractivity contribution >= 4 is 35.6 Å². The molecule has 1 heterocycles. The van der Waals surface area contributed by atoms with Crippen molar-refractivity contribution in [1.29, 1.82) is 0 Å². The fourth-order valence-corrected chi connectivity index (χ4v) is 3.12. The van der Waals surface area contributed by atoms with Crippen molar-refractivity contribution in [2.75, 3.05) is 0 Å². The lowest BCUT2D eigenvalue weighted by atomic mass is 10.0. The van der Waals surface area contributed by atoms with Gasteiger partial charge < -0.3 is 42.0 Å². The van der Waals surface area contributed by atoms with Gasteiger partial charge in [-0.2, -0.15) is 0 Å². The van der Waals surface area contributed by atoms with E-state index >= 15 is 0 Å². The van der Waals surface area contributed by atoms with Crippen molar-refractivity contribution < 1.29 is 44.1 Å². The monoisotopic (exact) mass is 512 g/mol. The minimum Gasteiger partial charge on any atom is -0.481 e. The summed E-state index contributed by atoms with van der Waals surface area (Å²) in [6, 6.07) is -5.29. The number of nitrogens with two attached hydrogens (primary N) is 1. The Bertz CT molecular complexity index is 934. The van der Waals surface area contributed by atoms with Gasteiger partial charge in [0.25, 0.3) is 0 Å². The van der Waals surface area contributed by atoms with Crippen molar-refractivity contribution in [3.05, 3.63) is 18.2 Å². The van der Waals surface area contributed by atoms with Gasteiger partial charge in [0.1, 0.15) is 18.1 Å². The van der Waals surface area contributed by atoms with E-state index in [1.165, 1.54) is 12.5 Å². The van der Waals surface area contributed by atoms with E-state index in [9.17, 15) is 33.9 Å². The highest BCUT2D eigenvalue weighted by Gasteiger charge is 2.31. The Morgan fingerprint density at radius 1 is 0.889 bits per heavy atom. The number of amides is 3. The third-order valence-electron chi connectivity index (χ3n) is 5.12. The summed E-state index contributed by atoms with van der Waals surface area (Å²) < 4.78 is 0. The van der Waals surface area contributed by atoms with Gasteiger partial charge in [-0.15, -0.1) is 0 Å². The largest absolute Gasteiger partial charge is 0.481 e. The smallest absolute Gasteiger partial charge is 0.326 e. The van der Waals surface area contributed by atoms with E-state index in [-0.39, 0.29) is 19.3 Å². The average molecular weight is 513 g/mol. The van der Waals surface area contributed by atoms with Gasteiger partial charge in [-0.05, 0) is 18.8 Å². The lowest BCUT2D eigenvalue weighted by Crippen LogP contribution is -2.57. The first-order valence-electron chi connectivity index (χ1n) is 11.1. The number of aliphatic carboxylic acids is 3. The lowest BCUT2D eigenvalue weighted by Gasteiger charge is -2.25. The van der Waals surface area contributed by atoms with E-state index < -0.39 is 78.6 Å². The molecule has 1 rings (SSSR count). The van der Waals surface area contributed by atoms with Crippen LogP contribution >= 0.6 is 0 Å². The predicted octanol–water partition coefficient (Wildman–Crippen LogP) is -1.80. The molecule has 0 aliphatic carbocycles. The first kappa shape index (κ1) is 30.0. The predicted molar refractivity (Wildman–Crippen MR) is 122 cm³/mol. The SMILES string of the molecule is CC(C)C(NC(=O)C(CCC(=O)O)NC(=O)C(CCC(=O)O)NC(=O)C(N)Cc1cnc[nH]1)C(=O)O. The fourth-order valence-electron chi connectivity index (χ4n) is 3.12. The second kappa shape index (κ2) is 14.4. The second-order valence-electron chi connectivity index (χ2n) is 8.44. The topological polar surface area (TPSA) is 254 Å². The molecule has 15 heteroatoms. The molecule has 1 aromatic rings. The highest BCUT2D eigenvalue weighted by atomic mass is 16.4. The number of nitrogens with one attached hydrogen (secondary N) is 4. The molecule has 0 aromatic carbocycles. The number of carbonyl (C=O) groups is 6. The Morgan fingerprint density at radius 2 is 1.39 bits per heavy atom. The maximum Gasteiger partial charge on any atom is 0.326 e. The van der Waals surface area contributed by atoms with Crippen LogP contribution in [0.2, 0.25) is 0 Å². The Balaban J connectivity index is 3.01. The van der Waals surface area contributed by atoms with E-state index in [1.54, 1.807) is 13.8 Å². The highest BCUT2D eigenvalue weighted by molar-refractivity contribution is 5.94. The maximum atomic E-state index is 12.9. The minimum absolute atomic E-state index is 0.0501. The van der Waals surface area contributed by atoms with Crippen LogP contribution in [-0.2, 0) is 35.2 Å². The number of rotatable bonds is 16. The first-order valence-corrected chi connectivity index (χ1v) is 11.1. The quantitative estimate of drug-likeness (QED) is 0.123. The molecule has 0 fully saturated rings. The number of nitrogens with zero attached hydrogens (tertiary/aromatic N) is 1. The fraction of sp³-hybridized carbons (Fsp3) is 0.571. The number of aromatic nitrogens is 2. The Labute approximate surface area is 206 Å². The molecule has 200 valence electrons. The summed E-state index contributed by atoms with van der Waals surface area (Å²) in [6.45, 7) is 3.10. The molecular formula is C21H32N6O9. The third-order valence-corrected chi connectivity index (χ3v) is 5.12. The minimum atomic E-state index is -1.46. The highest BCUT2D eigenvalue weighted by Crippen LogP contribution is 2.07. The lowest BCUT2D eigenvalue weighted by molar-refractivity contribution is -0.144. The maximum absolute atomic E-state index is 12.9. The van der Waals surface area contributed by atoms with Crippen LogP contribution < -0.4 is 21.7 Å². The zero-order valence-electron chi connectivity index (χ0n) is 19.9. The van der Waals surface area contributed by atoms with Crippen LogP contribution in [0.15, 0.2) is 12.5 Å². The molecule has 36 heavy (non-hydrogen) atoms. The van der Waals surface area contributed by atoms with Crippen LogP contribution in [0.3, 0.4) is 0 Å². The summed E-state index contributed by atoms with van der Waals surface area (Å²) in [5, 5.41) is 34.2. The molecule has 15 nitrogen and oxygen atoms in total. The molecule has 0 saturated carbocycles. The average Bonchev–Trinajstić information content (AvgIpc) is 3.29. The van der Waals surface area contributed by atoms with Gasteiger partial charge in [0, 0.05) is 31.2 Å². The van der Waals surface area contributed by atoms with Gasteiger partial charge in [-0.3, -0.25) is 24.0 Å². The Kier molecular flexibility index (Phi) is 12.0. The van der Waals surface area contributed by atoms with Crippen LogP contribution in [0.25, 0.3) is 0 Å². The van der Waals surface area contributed by atoms with Crippen LogP contribution in [0.5, 0.6) is 0 Å². The number of carboxylic acid groups (broad SMARTS) is 3. The van der Waals surface area contributed by atoms with Crippen LogP contribution in [-0.4, -0.2) is 85.1 Å². The second-order valence-corrected chi connectivity index (χ2v) is 8.44. The van der Waals surface area contributed by atoms with Gasteiger partial charge in [-0.1, -0.05) is 13.8 Å². The summed E-state index contributed by atoms with van der Waals surface area (Å²) in [4.78, 5) is 78.3. The van der Waals surface area contributed by atoms with Crippen LogP contribution in [0.1, 0.15) is 45.2 Å². The molecule has 1 aromatic heterocycles. The van der Waals surface area contributed by atoms with E-state index in [0.29, 0.717) is 5.69 Å². The Hall–Kier alpha value is -4.01. The molecule has 4 atom stereocenters.